The van der Waals surface area contributed by atoms with E-state index in [0.717, 1.165) is 49.5 Å². The molecule has 0 aromatic rings. The van der Waals surface area contributed by atoms with Gasteiger partial charge in [-0.25, -0.2) is 0 Å². The van der Waals surface area contributed by atoms with Crippen LogP contribution < -0.4 is 0 Å². The van der Waals surface area contributed by atoms with Gasteiger partial charge >= 0.3 is 0 Å². The van der Waals surface area contributed by atoms with E-state index >= 15 is 0 Å². The lowest BCUT2D eigenvalue weighted by molar-refractivity contribution is -0.0145. The normalized spacial score (nSPS) is 41.8. The Kier molecular flexibility index (Phi) is 7.08. The van der Waals surface area contributed by atoms with E-state index in [4.69, 9.17) is 0 Å². The fourth-order valence-corrected chi connectivity index (χ4v) is 7.43. The van der Waals surface area contributed by atoms with Gasteiger partial charge in [0.05, 0.1) is 17.8 Å². The third-order valence-corrected chi connectivity index (χ3v) is 9.47. The second-order valence-electron chi connectivity index (χ2n) is 11.9. The molecule has 1 saturated heterocycles. The van der Waals surface area contributed by atoms with Crippen LogP contribution in [0.1, 0.15) is 78.6 Å². The van der Waals surface area contributed by atoms with Crippen LogP contribution >= 0.6 is 0 Å². The molecule has 4 nitrogen and oxygen atoms in total. The Morgan fingerprint density at radius 2 is 1.84 bits per heavy atom. The molecule has 4 fully saturated rings. The highest BCUT2D eigenvalue weighted by Crippen LogP contribution is 2.59. The molecule has 4 aliphatic rings. The van der Waals surface area contributed by atoms with Gasteiger partial charge in [0.15, 0.2) is 0 Å². The van der Waals surface area contributed by atoms with E-state index in [-0.39, 0.29) is 0 Å². The molecule has 0 bridgehead atoms. The molecule has 0 spiro atoms. The standard InChI is InChI=1S/C28H45NO3/c1-19(18-29-14-12-27(3,32)13-15-29)24-9-10-25-21(6-5-11-28(24,25)4)7-8-22-16-23(30)17-26(31)20(22)2/h7-8,19,23-26,30-32H,2,5-6,9-18H2,1,3-4H3/t19?,23-,24-,25+,26+,28-/m1/s1. The van der Waals surface area contributed by atoms with Crippen LogP contribution in [0.25, 0.3) is 0 Å². The first-order chi connectivity index (χ1) is 15.1. The van der Waals surface area contributed by atoms with E-state index in [9.17, 15) is 15.3 Å². The van der Waals surface area contributed by atoms with Gasteiger partial charge in [-0.1, -0.05) is 38.2 Å². The van der Waals surface area contributed by atoms with Crippen molar-refractivity contribution >= 4 is 0 Å². The van der Waals surface area contributed by atoms with Crippen LogP contribution in [-0.4, -0.2) is 57.7 Å². The lowest BCUT2D eigenvalue weighted by Gasteiger charge is -2.46. The van der Waals surface area contributed by atoms with Crippen molar-refractivity contribution < 1.29 is 15.3 Å². The quantitative estimate of drug-likeness (QED) is 0.594. The Balaban J connectivity index is 1.44. The highest BCUT2D eigenvalue weighted by atomic mass is 16.3. The SMILES string of the molecule is C=C1C(=CC=C2CCC[C@]3(C)[C@@H](C(C)CN4CCC(C)(O)CC4)CC[C@@H]23)C[C@@H](O)C[C@@H]1O. The maximum absolute atomic E-state index is 10.3. The lowest BCUT2D eigenvalue weighted by Crippen LogP contribution is -2.46. The van der Waals surface area contributed by atoms with Crippen molar-refractivity contribution in [3.05, 3.63) is 35.5 Å². The molecule has 3 aliphatic carbocycles. The van der Waals surface area contributed by atoms with Gasteiger partial charge in [-0.3, -0.25) is 0 Å². The van der Waals surface area contributed by atoms with Crippen molar-refractivity contribution in [2.24, 2.45) is 23.2 Å². The molecule has 0 radical (unpaired) electrons. The molecule has 3 saturated carbocycles. The van der Waals surface area contributed by atoms with E-state index in [1.165, 1.54) is 32.1 Å². The van der Waals surface area contributed by atoms with Crippen molar-refractivity contribution in [2.45, 2.75) is 96.4 Å². The number of piperidine rings is 1. The average Bonchev–Trinajstić information content (AvgIpc) is 3.08. The zero-order valence-electron chi connectivity index (χ0n) is 20.5. The van der Waals surface area contributed by atoms with E-state index < -0.39 is 17.8 Å². The minimum absolute atomic E-state index is 0.367. The molecule has 6 atom stereocenters. The van der Waals surface area contributed by atoms with Crippen molar-refractivity contribution in [3.63, 3.8) is 0 Å². The first kappa shape index (κ1) is 24.2. The maximum Gasteiger partial charge on any atom is 0.0811 e. The predicted molar refractivity (Wildman–Crippen MR) is 130 cm³/mol. The molecule has 0 amide bonds. The average molecular weight is 444 g/mol. The van der Waals surface area contributed by atoms with Gasteiger partial charge in [0.1, 0.15) is 0 Å². The number of nitrogens with zero attached hydrogens (tertiary/aromatic N) is 1. The van der Waals surface area contributed by atoms with Crippen LogP contribution in [0, 0.1) is 23.2 Å². The number of hydrogen-bond donors (Lipinski definition) is 3. The van der Waals surface area contributed by atoms with Gasteiger partial charge in [0.2, 0.25) is 0 Å². The highest BCUT2D eigenvalue weighted by Gasteiger charge is 2.50. The molecule has 1 heterocycles. The molecule has 3 N–H and O–H groups in total. The van der Waals surface area contributed by atoms with Gasteiger partial charge in [-0.2, -0.15) is 0 Å². The van der Waals surface area contributed by atoms with E-state index in [0.29, 0.717) is 30.1 Å². The van der Waals surface area contributed by atoms with Gasteiger partial charge in [-0.15, -0.1) is 0 Å². The number of hydrogen-bond acceptors (Lipinski definition) is 4. The number of aliphatic hydroxyl groups is 3. The highest BCUT2D eigenvalue weighted by molar-refractivity contribution is 5.38. The summed E-state index contributed by atoms with van der Waals surface area (Å²) < 4.78 is 0. The first-order valence-corrected chi connectivity index (χ1v) is 13.0. The largest absolute Gasteiger partial charge is 0.393 e. The minimum Gasteiger partial charge on any atom is -0.393 e. The minimum atomic E-state index is -0.616. The topological polar surface area (TPSA) is 63.9 Å². The summed E-state index contributed by atoms with van der Waals surface area (Å²) in [6.07, 6.45) is 12.5. The maximum atomic E-state index is 10.3. The van der Waals surface area contributed by atoms with Crippen LogP contribution in [0.2, 0.25) is 0 Å². The first-order valence-electron chi connectivity index (χ1n) is 13.0. The van der Waals surface area contributed by atoms with E-state index in [2.05, 4.69) is 37.5 Å². The summed E-state index contributed by atoms with van der Waals surface area (Å²) in [6, 6.07) is 0. The third-order valence-electron chi connectivity index (χ3n) is 9.47. The third kappa shape index (κ3) is 4.94. The Morgan fingerprint density at radius 1 is 1.12 bits per heavy atom. The van der Waals surface area contributed by atoms with Crippen LogP contribution in [0.5, 0.6) is 0 Å². The zero-order valence-corrected chi connectivity index (χ0v) is 20.5. The second kappa shape index (κ2) is 9.37. The Hall–Kier alpha value is -0.940. The van der Waals surface area contributed by atoms with Gasteiger partial charge in [-0.05, 0) is 92.6 Å². The number of likely N-dealkylation sites (tertiary alicyclic amines) is 1. The summed E-state index contributed by atoms with van der Waals surface area (Å²) in [7, 11) is 0. The predicted octanol–water partition coefficient (Wildman–Crippen LogP) is 4.61. The van der Waals surface area contributed by atoms with Crippen molar-refractivity contribution in [3.8, 4) is 0 Å². The summed E-state index contributed by atoms with van der Waals surface area (Å²) in [5, 5.41) is 30.5. The van der Waals surface area contributed by atoms with Crippen molar-refractivity contribution in [1.82, 2.24) is 4.90 Å². The van der Waals surface area contributed by atoms with Crippen LogP contribution in [0.4, 0.5) is 0 Å². The van der Waals surface area contributed by atoms with E-state index in [1.54, 1.807) is 5.57 Å². The fourth-order valence-electron chi connectivity index (χ4n) is 7.43. The van der Waals surface area contributed by atoms with Crippen LogP contribution in [0.3, 0.4) is 0 Å². The molecule has 1 aliphatic heterocycles. The van der Waals surface area contributed by atoms with Gasteiger partial charge in [0.25, 0.3) is 0 Å². The Bertz CT molecular complexity index is 759. The van der Waals surface area contributed by atoms with Crippen molar-refractivity contribution in [2.75, 3.05) is 19.6 Å². The molecule has 0 aromatic carbocycles. The van der Waals surface area contributed by atoms with Crippen LogP contribution in [0.15, 0.2) is 35.5 Å². The molecule has 4 heteroatoms. The summed E-state index contributed by atoms with van der Waals surface area (Å²) >= 11 is 0. The summed E-state index contributed by atoms with van der Waals surface area (Å²) in [6.45, 7) is 14.2. The second-order valence-corrected chi connectivity index (χ2v) is 11.9. The zero-order chi connectivity index (χ0) is 23.1. The van der Waals surface area contributed by atoms with Gasteiger partial charge in [0, 0.05) is 26.1 Å². The smallest absolute Gasteiger partial charge is 0.0811 e. The Morgan fingerprint density at radius 3 is 2.56 bits per heavy atom. The number of fused-ring (bicyclic) bond motifs is 1. The lowest BCUT2D eigenvalue weighted by atomic mass is 9.61. The van der Waals surface area contributed by atoms with Crippen molar-refractivity contribution in [1.29, 1.82) is 0 Å². The molecular formula is C28H45NO3. The molecule has 4 rings (SSSR count). The number of aliphatic hydroxyl groups excluding tert-OH is 2. The fraction of sp³-hybridized carbons (Fsp3) is 0.786. The molecule has 1 unspecified atom stereocenters. The van der Waals surface area contributed by atoms with E-state index in [1.807, 2.05) is 6.92 Å². The summed E-state index contributed by atoms with van der Waals surface area (Å²) in [5.41, 5.74) is 3.25. The number of rotatable bonds is 4. The monoisotopic (exact) mass is 443 g/mol. The van der Waals surface area contributed by atoms with Crippen LogP contribution in [-0.2, 0) is 0 Å². The summed E-state index contributed by atoms with van der Waals surface area (Å²) in [4.78, 5) is 2.58. The number of allylic oxidation sites excluding steroid dienone is 3. The van der Waals surface area contributed by atoms with Gasteiger partial charge < -0.3 is 20.2 Å². The molecular weight excluding hydrogens is 398 g/mol. The summed E-state index contributed by atoms with van der Waals surface area (Å²) in [5.74, 6) is 2.07. The molecule has 180 valence electrons. The Labute approximate surface area is 195 Å². The molecule has 32 heavy (non-hydrogen) atoms. The molecule has 0 aromatic heterocycles.